The van der Waals surface area contributed by atoms with Crippen LogP contribution in [-0.4, -0.2) is 50.3 Å². The molecule has 0 saturated carbocycles. The third-order valence-corrected chi connectivity index (χ3v) is 2.57. The molecule has 1 fully saturated rings. The zero-order chi connectivity index (χ0) is 8.97. The molecule has 0 bridgehead atoms. The first-order valence-corrected chi connectivity index (χ1v) is 4.71. The lowest BCUT2D eigenvalue weighted by Crippen LogP contribution is -2.55. The summed E-state index contributed by atoms with van der Waals surface area (Å²) in [5, 5.41) is 3.41. The molecule has 1 saturated heterocycles. The van der Waals surface area contributed by atoms with Crippen LogP contribution in [0, 0.1) is 0 Å². The Labute approximate surface area is 87.2 Å². The van der Waals surface area contributed by atoms with Crippen molar-refractivity contribution in [2.75, 3.05) is 33.4 Å². The van der Waals surface area contributed by atoms with Crippen molar-refractivity contribution in [3.8, 4) is 0 Å². The number of rotatable bonds is 3. The Kier molecular flexibility index (Phi) is 6.68. The standard InChI is InChI=1S/C9H20N2O.ClH/c1-8-6-10-7-9(2)11(8)4-5-12-3;/h8-10H,4-7H2,1-3H3;1H/t8-,9+;. The maximum atomic E-state index is 5.08. The summed E-state index contributed by atoms with van der Waals surface area (Å²) in [6.07, 6.45) is 0. The van der Waals surface area contributed by atoms with Crippen LogP contribution in [0.1, 0.15) is 13.8 Å². The van der Waals surface area contributed by atoms with Gasteiger partial charge in [-0.1, -0.05) is 0 Å². The van der Waals surface area contributed by atoms with Crippen LogP contribution in [0.3, 0.4) is 0 Å². The summed E-state index contributed by atoms with van der Waals surface area (Å²) in [5.74, 6) is 0. The molecule has 0 spiro atoms. The van der Waals surface area contributed by atoms with E-state index in [1.807, 2.05) is 0 Å². The van der Waals surface area contributed by atoms with Crippen molar-refractivity contribution in [1.82, 2.24) is 10.2 Å². The molecule has 2 atom stereocenters. The smallest absolute Gasteiger partial charge is 0.0589 e. The molecule has 0 aliphatic carbocycles. The van der Waals surface area contributed by atoms with E-state index < -0.39 is 0 Å². The van der Waals surface area contributed by atoms with Gasteiger partial charge in [0.2, 0.25) is 0 Å². The molecule has 0 aromatic carbocycles. The Morgan fingerprint density at radius 1 is 1.31 bits per heavy atom. The highest BCUT2D eigenvalue weighted by atomic mass is 35.5. The third kappa shape index (κ3) is 3.81. The molecule has 0 amide bonds. The van der Waals surface area contributed by atoms with Crippen LogP contribution in [0.25, 0.3) is 0 Å². The van der Waals surface area contributed by atoms with Crippen LogP contribution in [0.15, 0.2) is 0 Å². The fourth-order valence-corrected chi connectivity index (χ4v) is 1.81. The van der Waals surface area contributed by atoms with Gasteiger partial charge in [-0.3, -0.25) is 4.90 Å². The molecule has 80 valence electrons. The monoisotopic (exact) mass is 208 g/mol. The Bertz CT molecular complexity index is 125. The normalized spacial score (nSPS) is 29.8. The van der Waals surface area contributed by atoms with Crippen LogP contribution in [0.4, 0.5) is 0 Å². The maximum absolute atomic E-state index is 5.08. The maximum Gasteiger partial charge on any atom is 0.0589 e. The highest BCUT2D eigenvalue weighted by Crippen LogP contribution is 2.08. The topological polar surface area (TPSA) is 24.5 Å². The van der Waals surface area contributed by atoms with Gasteiger partial charge in [-0.15, -0.1) is 12.4 Å². The first-order chi connectivity index (χ1) is 5.75. The molecule has 4 heteroatoms. The molecule has 13 heavy (non-hydrogen) atoms. The van der Waals surface area contributed by atoms with Crippen LogP contribution < -0.4 is 5.32 Å². The second-order valence-electron chi connectivity index (χ2n) is 3.59. The van der Waals surface area contributed by atoms with Crippen LogP contribution in [0.5, 0.6) is 0 Å². The van der Waals surface area contributed by atoms with Gasteiger partial charge in [-0.25, -0.2) is 0 Å². The Hall–Kier alpha value is 0.170. The van der Waals surface area contributed by atoms with E-state index in [-0.39, 0.29) is 12.4 Å². The molecule has 0 aromatic heterocycles. The molecule has 1 aliphatic heterocycles. The van der Waals surface area contributed by atoms with Crippen molar-refractivity contribution in [2.24, 2.45) is 0 Å². The minimum atomic E-state index is 0. The average molecular weight is 209 g/mol. The lowest BCUT2D eigenvalue weighted by molar-refractivity contribution is 0.0758. The summed E-state index contributed by atoms with van der Waals surface area (Å²) in [7, 11) is 1.76. The van der Waals surface area contributed by atoms with E-state index in [2.05, 4.69) is 24.1 Å². The van der Waals surface area contributed by atoms with Crippen molar-refractivity contribution < 1.29 is 4.74 Å². The van der Waals surface area contributed by atoms with Crippen LogP contribution >= 0.6 is 12.4 Å². The van der Waals surface area contributed by atoms with Gasteiger partial charge < -0.3 is 10.1 Å². The number of methoxy groups -OCH3 is 1. The molecule has 0 unspecified atom stereocenters. The fourth-order valence-electron chi connectivity index (χ4n) is 1.81. The van der Waals surface area contributed by atoms with Crippen molar-refractivity contribution >= 4 is 12.4 Å². The van der Waals surface area contributed by atoms with Gasteiger partial charge in [-0.05, 0) is 13.8 Å². The summed E-state index contributed by atoms with van der Waals surface area (Å²) >= 11 is 0. The van der Waals surface area contributed by atoms with E-state index in [1.165, 1.54) is 0 Å². The molecule has 0 radical (unpaired) electrons. The predicted molar refractivity (Wildman–Crippen MR) is 57.6 cm³/mol. The molecular formula is C9H21ClN2O. The fraction of sp³-hybridized carbons (Fsp3) is 1.00. The summed E-state index contributed by atoms with van der Waals surface area (Å²) in [5.41, 5.74) is 0. The number of nitrogens with zero attached hydrogens (tertiary/aromatic N) is 1. The van der Waals surface area contributed by atoms with Gasteiger partial charge in [0.05, 0.1) is 6.61 Å². The lowest BCUT2D eigenvalue weighted by atomic mass is 10.1. The van der Waals surface area contributed by atoms with E-state index in [4.69, 9.17) is 4.74 Å². The van der Waals surface area contributed by atoms with Gasteiger partial charge >= 0.3 is 0 Å². The molecule has 0 aromatic rings. The van der Waals surface area contributed by atoms with Crippen molar-refractivity contribution in [2.45, 2.75) is 25.9 Å². The van der Waals surface area contributed by atoms with E-state index in [9.17, 15) is 0 Å². The zero-order valence-electron chi connectivity index (χ0n) is 8.75. The Morgan fingerprint density at radius 3 is 2.31 bits per heavy atom. The number of hydrogen-bond donors (Lipinski definition) is 1. The predicted octanol–water partition coefficient (Wildman–Crippen LogP) is 0.737. The number of piperazine rings is 1. The average Bonchev–Trinajstić information content (AvgIpc) is 2.04. The molecular weight excluding hydrogens is 188 g/mol. The quantitative estimate of drug-likeness (QED) is 0.741. The zero-order valence-corrected chi connectivity index (χ0v) is 9.56. The molecule has 1 N–H and O–H groups in total. The summed E-state index contributed by atoms with van der Waals surface area (Å²) in [6.45, 7) is 8.63. The van der Waals surface area contributed by atoms with Crippen LogP contribution in [0.2, 0.25) is 0 Å². The van der Waals surface area contributed by atoms with Gasteiger partial charge in [0, 0.05) is 38.8 Å². The van der Waals surface area contributed by atoms with Gasteiger partial charge in [-0.2, -0.15) is 0 Å². The molecule has 1 heterocycles. The number of hydrogen-bond acceptors (Lipinski definition) is 3. The molecule has 3 nitrogen and oxygen atoms in total. The van der Waals surface area contributed by atoms with E-state index in [0.29, 0.717) is 12.1 Å². The van der Waals surface area contributed by atoms with Crippen LogP contribution in [-0.2, 0) is 4.74 Å². The third-order valence-electron chi connectivity index (χ3n) is 2.57. The first kappa shape index (κ1) is 13.2. The lowest BCUT2D eigenvalue weighted by Gasteiger charge is -2.39. The first-order valence-electron chi connectivity index (χ1n) is 4.71. The van der Waals surface area contributed by atoms with Crippen molar-refractivity contribution in [3.63, 3.8) is 0 Å². The SMILES string of the molecule is COCCN1[C@H](C)CNC[C@@H]1C.Cl. The van der Waals surface area contributed by atoms with E-state index >= 15 is 0 Å². The minimum absolute atomic E-state index is 0. The highest BCUT2D eigenvalue weighted by Gasteiger charge is 2.23. The number of ether oxygens (including phenoxy) is 1. The summed E-state index contributed by atoms with van der Waals surface area (Å²) in [6, 6.07) is 1.28. The summed E-state index contributed by atoms with van der Waals surface area (Å²) in [4.78, 5) is 2.50. The van der Waals surface area contributed by atoms with E-state index in [0.717, 1.165) is 26.2 Å². The second kappa shape index (κ2) is 6.60. The van der Waals surface area contributed by atoms with Gasteiger partial charge in [0.15, 0.2) is 0 Å². The number of nitrogens with one attached hydrogen (secondary N) is 1. The minimum Gasteiger partial charge on any atom is -0.383 e. The molecule has 1 rings (SSSR count). The van der Waals surface area contributed by atoms with Gasteiger partial charge in [0.25, 0.3) is 0 Å². The Balaban J connectivity index is 0.00000144. The largest absolute Gasteiger partial charge is 0.383 e. The highest BCUT2D eigenvalue weighted by molar-refractivity contribution is 5.85. The Morgan fingerprint density at radius 2 is 1.85 bits per heavy atom. The van der Waals surface area contributed by atoms with E-state index in [1.54, 1.807) is 7.11 Å². The second-order valence-corrected chi connectivity index (χ2v) is 3.59. The molecule has 1 aliphatic rings. The van der Waals surface area contributed by atoms with Crippen molar-refractivity contribution in [1.29, 1.82) is 0 Å². The number of halogens is 1. The summed E-state index contributed by atoms with van der Waals surface area (Å²) < 4.78 is 5.08. The van der Waals surface area contributed by atoms with Gasteiger partial charge in [0.1, 0.15) is 0 Å². The van der Waals surface area contributed by atoms with Crippen molar-refractivity contribution in [3.05, 3.63) is 0 Å².